The van der Waals surface area contributed by atoms with Crippen LogP contribution in [-0.4, -0.2) is 21.2 Å². The number of halogens is 2. The van der Waals surface area contributed by atoms with Crippen molar-refractivity contribution in [2.45, 2.75) is 6.54 Å². The van der Waals surface area contributed by atoms with E-state index >= 15 is 0 Å². The van der Waals surface area contributed by atoms with E-state index < -0.39 is 17.5 Å². The highest BCUT2D eigenvalue weighted by molar-refractivity contribution is 9.10. The standard InChI is InChI=1S/C13H9BrFN3O2/c1-17-3-2-16-11(17)6-18-10-5-9(15)8(14)4-7(10)12(19)13(18)20/h2-5H,6H2,1H3. The van der Waals surface area contributed by atoms with Gasteiger partial charge in [-0.3, -0.25) is 14.5 Å². The van der Waals surface area contributed by atoms with Gasteiger partial charge in [-0.25, -0.2) is 9.37 Å². The Kier molecular flexibility index (Phi) is 2.93. The van der Waals surface area contributed by atoms with Crippen LogP contribution in [0, 0.1) is 5.82 Å². The molecule has 3 rings (SSSR count). The Bertz CT molecular complexity index is 741. The van der Waals surface area contributed by atoms with E-state index in [1.54, 1.807) is 24.0 Å². The second-order valence-electron chi connectivity index (χ2n) is 4.46. The van der Waals surface area contributed by atoms with Crippen LogP contribution >= 0.6 is 15.9 Å². The van der Waals surface area contributed by atoms with Gasteiger partial charge in [-0.1, -0.05) is 0 Å². The van der Waals surface area contributed by atoms with Gasteiger partial charge >= 0.3 is 0 Å². The Balaban J connectivity index is 2.06. The number of aromatic nitrogens is 2. The Labute approximate surface area is 122 Å². The number of fused-ring (bicyclic) bond motifs is 1. The number of rotatable bonds is 2. The van der Waals surface area contributed by atoms with E-state index in [4.69, 9.17) is 0 Å². The van der Waals surface area contributed by atoms with Gasteiger partial charge in [0.15, 0.2) is 0 Å². The van der Waals surface area contributed by atoms with E-state index in [2.05, 4.69) is 20.9 Å². The van der Waals surface area contributed by atoms with Crippen LogP contribution in [0.1, 0.15) is 16.2 Å². The number of benzene rings is 1. The molecule has 1 amide bonds. The highest BCUT2D eigenvalue weighted by Gasteiger charge is 2.37. The van der Waals surface area contributed by atoms with E-state index in [0.717, 1.165) is 0 Å². The van der Waals surface area contributed by atoms with Gasteiger partial charge in [-0.05, 0) is 28.1 Å². The Morgan fingerprint density at radius 1 is 1.35 bits per heavy atom. The van der Waals surface area contributed by atoms with Crippen LogP contribution in [-0.2, 0) is 18.4 Å². The van der Waals surface area contributed by atoms with Crippen molar-refractivity contribution in [1.82, 2.24) is 9.55 Å². The fraction of sp³-hybridized carbons (Fsp3) is 0.154. The minimum atomic E-state index is -0.666. The monoisotopic (exact) mass is 337 g/mol. The number of hydrogen-bond acceptors (Lipinski definition) is 3. The fourth-order valence-electron chi connectivity index (χ4n) is 2.14. The largest absolute Gasteiger partial charge is 0.337 e. The second kappa shape index (κ2) is 4.52. The molecule has 2 aromatic rings. The minimum Gasteiger partial charge on any atom is -0.337 e. The van der Waals surface area contributed by atoms with Crippen molar-refractivity contribution >= 4 is 33.3 Å². The predicted molar refractivity (Wildman–Crippen MR) is 72.8 cm³/mol. The molecule has 0 bridgehead atoms. The van der Waals surface area contributed by atoms with Gasteiger partial charge in [0.2, 0.25) is 0 Å². The van der Waals surface area contributed by atoms with Gasteiger partial charge in [0.1, 0.15) is 11.6 Å². The first-order valence-electron chi connectivity index (χ1n) is 5.80. The number of aryl methyl sites for hydroxylation is 1. The number of Topliss-reactive ketones (excluding diaryl/α,β-unsaturated/α-hetero) is 1. The normalized spacial score (nSPS) is 14.1. The highest BCUT2D eigenvalue weighted by Crippen LogP contribution is 2.34. The summed E-state index contributed by atoms with van der Waals surface area (Å²) in [6, 6.07) is 2.52. The Morgan fingerprint density at radius 3 is 2.75 bits per heavy atom. The van der Waals surface area contributed by atoms with Gasteiger partial charge in [0, 0.05) is 19.4 Å². The summed E-state index contributed by atoms with van der Waals surface area (Å²) in [6.45, 7) is 0.127. The van der Waals surface area contributed by atoms with E-state index in [0.29, 0.717) is 5.82 Å². The third kappa shape index (κ3) is 1.85. The summed E-state index contributed by atoms with van der Waals surface area (Å²) in [4.78, 5) is 29.3. The zero-order valence-electron chi connectivity index (χ0n) is 10.4. The van der Waals surface area contributed by atoms with Crippen LogP contribution in [0.15, 0.2) is 29.0 Å². The van der Waals surface area contributed by atoms with Crippen molar-refractivity contribution in [2.24, 2.45) is 7.05 Å². The molecule has 0 saturated heterocycles. The second-order valence-corrected chi connectivity index (χ2v) is 5.31. The van der Waals surface area contributed by atoms with Crippen molar-refractivity contribution in [3.63, 3.8) is 0 Å². The third-order valence-electron chi connectivity index (χ3n) is 3.23. The number of hydrogen-bond donors (Lipinski definition) is 0. The summed E-state index contributed by atoms with van der Waals surface area (Å²) >= 11 is 3.01. The molecule has 5 nitrogen and oxygen atoms in total. The molecule has 0 fully saturated rings. The molecule has 0 spiro atoms. The molecule has 0 atom stereocenters. The first kappa shape index (κ1) is 13.0. The van der Waals surface area contributed by atoms with Gasteiger partial charge < -0.3 is 4.57 Å². The first-order chi connectivity index (χ1) is 9.49. The maximum Gasteiger partial charge on any atom is 0.299 e. The third-order valence-corrected chi connectivity index (χ3v) is 3.84. The summed E-state index contributed by atoms with van der Waals surface area (Å²) in [5.74, 6) is -1.20. The molecular weight excluding hydrogens is 329 g/mol. The number of nitrogens with zero attached hydrogens (tertiary/aromatic N) is 3. The number of anilines is 1. The summed E-state index contributed by atoms with van der Waals surface area (Å²) in [5.41, 5.74) is 0.487. The molecular formula is C13H9BrFN3O2. The quantitative estimate of drug-likeness (QED) is 0.788. The molecule has 1 aliphatic heterocycles. The Morgan fingerprint density at radius 2 is 2.10 bits per heavy atom. The zero-order chi connectivity index (χ0) is 14.4. The lowest BCUT2D eigenvalue weighted by Gasteiger charge is -2.16. The van der Waals surface area contributed by atoms with Crippen LogP contribution in [0.25, 0.3) is 0 Å². The molecule has 1 aromatic heterocycles. The smallest absolute Gasteiger partial charge is 0.299 e. The average molecular weight is 338 g/mol. The number of amides is 1. The first-order valence-corrected chi connectivity index (χ1v) is 6.60. The minimum absolute atomic E-state index is 0.127. The van der Waals surface area contributed by atoms with Crippen molar-refractivity contribution in [3.05, 3.63) is 46.2 Å². The van der Waals surface area contributed by atoms with Crippen LogP contribution in [0.4, 0.5) is 10.1 Å². The molecule has 7 heteroatoms. The summed E-state index contributed by atoms with van der Waals surface area (Å²) in [6.07, 6.45) is 3.33. The average Bonchev–Trinajstić information content (AvgIpc) is 2.90. The molecule has 0 radical (unpaired) electrons. The fourth-order valence-corrected chi connectivity index (χ4v) is 2.48. The van der Waals surface area contributed by atoms with Gasteiger partial charge in [-0.15, -0.1) is 0 Å². The highest BCUT2D eigenvalue weighted by atomic mass is 79.9. The molecule has 0 N–H and O–H groups in total. The lowest BCUT2D eigenvalue weighted by atomic mass is 10.1. The molecule has 0 aliphatic carbocycles. The lowest BCUT2D eigenvalue weighted by Crippen LogP contribution is -2.30. The number of carbonyl (C=O) groups is 2. The molecule has 20 heavy (non-hydrogen) atoms. The zero-order valence-corrected chi connectivity index (χ0v) is 12.0. The van der Waals surface area contributed by atoms with Crippen molar-refractivity contribution in [2.75, 3.05) is 4.90 Å². The maximum absolute atomic E-state index is 13.6. The number of ketones is 1. The van der Waals surface area contributed by atoms with Crippen molar-refractivity contribution in [1.29, 1.82) is 0 Å². The van der Waals surface area contributed by atoms with E-state index in [9.17, 15) is 14.0 Å². The molecule has 1 aliphatic rings. The molecule has 0 unspecified atom stereocenters. The number of carbonyl (C=O) groups excluding carboxylic acids is 2. The lowest BCUT2D eigenvalue weighted by molar-refractivity contribution is -0.114. The predicted octanol–water partition coefficient (Wildman–Crippen LogP) is 2.05. The maximum atomic E-state index is 13.6. The molecule has 102 valence electrons. The number of imidazole rings is 1. The van der Waals surface area contributed by atoms with E-state index in [1.807, 2.05) is 0 Å². The molecule has 0 saturated carbocycles. The van der Waals surface area contributed by atoms with Crippen molar-refractivity contribution < 1.29 is 14.0 Å². The van der Waals surface area contributed by atoms with Crippen LogP contribution in [0.3, 0.4) is 0 Å². The SMILES string of the molecule is Cn1ccnc1CN1C(=O)C(=O)c2cc(Br)c(F)cc21. The molecule has 1 aromatic carbocycles. The van der Waals surface area contributed by atoms with Gasteiger partial charge in [-0.2, -0.15) is 0 Å². The topological polar surface area (TPSA) is 55.2 Å². The van der Waals surface area contributed by atoms with Crippen LogP contribution in [0.2, 0.25) is 0 Å². The summed E-state index contributed by atoms with van der Waals surface area (Å²) in [5, 5.41) is 0. The van der Waals surface area contributed by atoms with Gasteiger partial charge in [0.05, 0.1) is 22.3 Å². The van der Waals surface area contributed by atoms with E-state index in [1.165, 1.54) is 17.0 Å². The van der Waals surface area contributed by atoms with Gasteiger partial charge in [0.25, 0.3) is 11.7 Å². The van der Waals surface area contributed by atoms with Crippen LogP contribution < -0.4 is 4.90 Å². The van der Waals surface area contributed by atoms with Crippen molar-refractivity contribution in [3.8, 4) is 0 Å². The van der Waals surface area contributed by atoms with E-state index in [-0.39, 0.29) is 22.3 Å². The molecule has 2 heterocycles. The summed E-state index contributed by atoms with van der Waals surface area (Å²) < 4.78 is 15.5. The Hall–Kier alpha value is -2.02. The summed E-state index contributed by atoms with van der Waals surface area (Å²) in [7, 11) is 1.79. The van der Waals surface area contributed by atoms with Crippen LogP contribution in [0.5, 0.6) is 0 Å².